The van der Waals surface area contributed by atoms with Crippen LogP contribution in [0.25, 0.3) is 31.8 Å². The Hall–Kier alpha value is -2.64. The van der Waals surface area contributed by atoms with Crippen molar-refractivity contribution < 1.29 is 14.2 Å². The van der Waals surface area contributed by atoms with E-state index < -0.39 is 0 Å². The molecule has 0 fully saturated rings. The van der Waals surface area contributed by atoms with E-state index in [4.69, 9.17) is 30.8 Å². The lowest BCUT2D eigenvalue weighted by molar-refractivity contribution is 0.123. The molecule has 0 unspecified atom stereocenters. The molecule has 8 heteroatoms. The summed E-state index contributed by atoms with van der Waals surface area (Å²) >= 11 is 7.97. The van der Waals surface area contributed by atoms with E-state index in [9.17, 15) is 0 Å². The van der Waals surface area contributed by atoms with Crippen LogP contribution in [-0.2, 0) is 0 Å². The quantitative estimate of drug-likeness (QED) is 0.469. The molecule has 1 atom stereocenters. The summed E-state index contributed by atoms with van der Waals surface area (Å²) in [5.41, 5.74) is 4.13. The Morgan fingerprint density at radius 1 is 1.25 bits per heavy atom. The summed E-state index contributed by atoms with van der Waals surface area (Å²) in [5, 5.41) is 1.30. The predicted octanol–water partition coefficient (Wildman–Crippen LogP) is 4.85. The number of halogens is 1. The summed E-state index contributed by atoms with van der Waals surface area (Å²) in [6.45, 7) is 6.28. The molecular formula is C20H15ClN3O3S. The number of rotatable bonds is 2. The third kappa shape index (κ3) is 2.73. The number of fused-ring (bicyclic) bond motifs is 4. The van der Waals surface area contributed by atoms with E-state index in [-0.39, 0.29) is 6.10 Å². The van der Waals surface area contributed by atoms with Crippen molar-refractivity contribution in [3.63, 3.8) is 0 Å². The average Bonchev–Trinajstić information content (AvgIpc) is 3.12. The molecule has 0 amide bonds. The van der Waals surface area contributed by atoms with Gasteiger partial charge in [-0.2, -0.15) is 0 Å². The van der Waals surface area contributed by atoms with E-state index in [2.05, 4.69) is 16.9 Å². The van der Waals surface area contributed by atoms with Gasteiger partial charge in [-0.15, -0.1) is 11.3 Å². The molecule has 3 heterocycles. The van der Waals surface area contributed by atoms with E-state index in [0.29, 0.717) is 34.5 Å². The molecule has 5 rings (SSSR count). The minimum absolute atomic E-state index is 0.264. The maximum absolute atomic E-state index is 6.48. The number of ether oxygens (including phenoxy) is 3. The zero-order valence-corrected chi connectivity index (χ0v) is 16.7. The number of aryl methyl sites for hydroxylation is 1. The maximum Gasteiger partial charge on any atom is 0.232 e. The van der Waals surface area contributed by atoms with Gasteiger partial charge in [0.15, 0.2) is 11.5 Å². The fraction of sp³-hybridized carbons (Fsp3) is 0.200. The van der Waals surface area contributed by atoms with Crippen molar-refractivity contribution in [1.29, 1.82) is 0 Å². The molecule has 0 N–H and O–H groups in total. The molecule has 0 saturated heterocycles. The zero-order chi connectivity index (χ0) is 19.4. The first-order chi connectivity index (χ1) is 13.5. The third-order valence-electron chi connectivity index (χ3n) is 4.46. The number of methoxy groups -OCH3 is 1. The van der Waals surface area contributed by atoms with Gasteiger partial charge < -0.3 is 14.2 Å². The SMILES string of the molecule is [CH2][C@H]1COc2c(cc(Cl)c3nc(-c4cc(C)cc5nc(OC)cnc45)sc23)O1. The Balaban J connectivity index is 1.75. The van der Waals surface area contributed by atoms with Crippen LogP contribution in [0.5, 0.6) is 17.4 Å². The van der Waals surface area contributed by atoms with Gasteiger partial charge in [-0.25, -0.2) is 15.0 Å². The minimum atomic E-state index is -0.264. The van der Waals surface area contributed by atoms with Crippen LogP contribution in [0.4, 0.5) is 0 Å². The lowest BCUT2D eigenvalue weighted by atomic mass is 10.1. The summed E-state index contributed by atoms with van der Waals surface area (Å²) < 4.78 is 17.7. The molecule has 2 aromatic carbocycles. The number of hydrogen-bond donors (Lipinski definition) is 0. The lowest BCUT2D eigenvalue weighted by Gasteiger charge is -2.24. The molecule has 2 aromatic heterocycles. The molecule has 0 spiro atoms. The number of thiazole rings is 1. The highest BCUT2D eigenvalue weighted by atomic mass is 35.5. The molecule has 28 heavy (non-hydrogen) atoms. The average molecular weight is 413 g/mol. The molecule has 141 valence electrons. The predicted molar refractivity (Wildman–Crippen MR) is 110 cm³/mol. The zero-order valence-electron chi connectivity index (χ0n) is 15.2. The highest BCUT2D eigenvalue weighted by Gasteiger charge is 2.25. The Kier molecular flexibility index (Phi) is 4.03. The lowest BCUT2D eigenvalue weighted by Crippen LogP contribution is -2.26. The summed E-state index contributed by atoms with van der Waals surface area (Å²) in [4.78, 5) is 13.8. The van der Waals surface area contributed by atoms with Crippen LogP contribution in [0.15, 0.2) is 24.4 Å². The molecule has 4 aromatic rings. The van der Waals surface area contributed by atoms with Gasteiger partial charge in [-0.1, -0.05) is 11.6 Å². The third-order valence-corrected chi connectivity index (χ3v) is 5.83. The Morgan fingerprint density at radius 3 is 2.93 bits per heavy atom. The highest BCUT2D eigenvalue weighted by Crippen LogP contribution is 2.47. The van der Waals surface area contributed by atoms with Crippen LogP contribution in [0.2, 0.25) is 5.02 Å². The standard InChI is InChI=1S/C20H15ClN3O3S/c1-9-4-11(16-13(5-9)23-15(25-3)7-22-16)20-24-17-12(21)6-14-18(19(17)28-20)26-8-10(2)27-14/h4-7,10H,2,8H2,1,3H3/t10-/m0/s1. The molecular weight excluding hydrogens is 398 g/mol. The van der Waals surface area contributed by atoms with E-state index in [1.807, 2.05) is 19.1 Å². The molecule has 0 aliphatic carbocycles. The number of nitrogens with zero attached hydrogens (tertiary/aromatic N) is 3. The van der Waals surface area contributed by atoms with Crippen LogP contribution in [0.1, 0.15) is 5.56 Å². The monoisotopic (exact) mass is 412 g/mol. The largest absolute Gasteiger partial charge is 0.484 e. The first-order valence-electron chi connectivity index (χ1n) is 8.61. The van der Waals surface area contributed by atoms with Gasteiger partial charge in [0, 0.05) is 11.6 Å². The Labute approximate surface area is 170 Å². The molecule has 1 aliphatic heterocycles. The highest BCUT2D eigenvalue weighted by molar-refractivity contribution is 7.22. The first kappa shape index (κ1) is 17.5. The fourth-order valence-electron chi connectivity index (χ4n) is 3.24. The van der Waals surface area contributed by atoms with Crippen LogP contribution in [0, 0.1) is 13.8 Å². The van der Waals surface area contributed by atoms with E-state index in [1.54, 1.807) is 19.4 Å². The van der Waals surface area contributed by atoms with Crippen molar-refractivity contribution in [3.05, 3.63) is 41.9 Å². The summed E-state index contributed by atoms with van der Waals surface area (Å²) in [7, 11) is 1.57. The van der Waals surface area contributed by atoms with Gasteiger partial charge in [0.05, 0.1) is 29.4 Å². The second kappa shape index (κ2) is 6.46. The van der Waals surface area contributed by atoms with E-state index in [0.717, 1.165) is 31.9 Å². The first-order valence-corrected chi connectivity index (χ1v) is 9.80. The summed E-state index contributed by atoms with van der Waals surface area (Å²) in [5.74, 6) is 1.73. The fourth-order valence-corrected chi connectivity index (χ4v) is 4.63. The number of hydrogen-bond acceptors (Lipinski definition) is 7. The van der Waals surface area contributed by atoms with Crippen molar-refractivity contribution in [2.45, 2.75) is 13.0 Å². The van der Waals surface area contributed by atoms with Gasteiger partial charge in [0.25, 0.3) is 0 Å². The second-order valence-electron chi connectivity index (χ2n) is 6.53. The van der Waals surface area contributed by atoms with Crippen LogP contribution in [0.3, 0.4) is 0 Å². The van der Waals surface area contributed by atoms with Crippen molar-refractivity contribution in [3.8, 4) is 28.0 Å². The van der Waals surface area contributed by atoms with Crippen molar-refractivity contribution in [2.24, 2.45) is 0 Å². The van der Waals surface area contributed by atoms with E-state index in [1.165, 1.54) is 11.3 Å². The Bertz CT molecular complexity index is 1240. The van der Waals surface area contributed by atoms with Gasteiger partial charge in [0.2, 0.25) is 5.88 Å². The molecule has 1 aliphatic rings. The van der Waals surface area contributed by atoms with Crippen molar-refractivity contribution in [1.82, 2.24) is 15.0 Å². The Morgan fingerprint density at radius 2 is 2.11 bits per heavy atom. The topological polar surface area (TPSA) is 66.4 Å². The van der Waals surface area contributed by atoms with Gasteiger partial charge in [-0.3, -0.25) is 0 Å². The molecule has 0 saturated carbocycles. The number of benzene rings is 2. The second-order valence-corrected chi connectivity index (χ2v) is 7.93. The van der Waals surface area contributed by atoms with E-state index >= 15 is 0 Å². The van der Waals surface area contributed by atoms with Gasteiger partial charge in [0.1, 0.15) is 27.9 Å². The van der Waals surface area contributed by atoms with Crippen LogP contribution < -0.4 is 14.2 Å². The molecule has 6 nitrogen and oxygen atoms in total. The molecule has 0 bridgehead atoms. The maximum atomic E-state index is 6.48. The van der Waals surface area contributed by atoms with Gasteiger partial charge >= 0.3 is 0 Å². The summed E-state index contributed by atoms with van der Waals surface area (Å²) in [6.07, 6.45) is 1.34. The molecule has 1 radical (unpaired) electrons. The van der Waals surface area contributed by atoms with Crippen molar-refractivity contribution >= 4 is 44.2 Å². The van der Waals surface area contributed by atoms with Gasteiger partial charge in [-0.05, 0) is 31.5 Å². The summed E-state index contributed by atoms with van der Waals surface area (Å²) in [6, 6.07) is 5.76. The minimum Gasteiger partial charge on any atom is -0.484 e. The van der Waals surface area contributed by atoms with Crippen LogP contribution >= 0.6 is 22.9 Å². The number of aromatic nitrogens is 3. The normalized spacial score (nSPS) is 15.9. The van der Waals surface area contributed by atoms with Crippen LogP contribution in [-0.4, -0.2) is 34.8 Å². The van der Waals surface area contributed by atoms with Crippen molar-refractivity contribution in [2.75, 3.05) is 13.7 Å². The smallest absolute Gasteiger partial charge is 0.232 e.